The summed E-state index contributed by atoms with van der Waals surface area (Å²) in [6, 6.07) is 0. The van der Waals surface area contributed by atoms with Crippen LogP contribution in [0, 0.1) is 34.5 Å². The van der Waals surface area contributed by atoms with Crippen LogP contribution in [0.5, 0.6) is 0 Å². The third-order valence-corrected chi connectivity index (χ3v) is 9.14. The molecular weight excluding hydrogens is 416 g/mol. The molecule has 0 aromatic rings. The Balaban J connectivity index is 0.000000306. The van der Waals surface area contributed by atoms with Gasteiger partial charge in [0, 0.05) is 12.8 Å². The zero-order valence-corrected chi connectivity index (χ0v) is 24.0. The van der Waals surface area contributed by atoms with E-state index in [4.69, 9.17) is 0 Å². The fraction of sp³-hybridized carbons (Fsp3) is 0.812. The predicted molar refractivity (Wildman–Crippen MR) is 148 cm³/mol. The third-order valence-electron chi connectivity index (χ3n) is 9.14. The average Bonchev–Trinajstić information content (AvgIpc) is 2.80. The molecule has 0 saturated heterocycles. The summed E-state index contributed by atoms with van der Waals surface area (Å²) in [5, 5.41) is 0. The standard InChI is InChI=1S/C16H24O.C12H20O.2C2H6/c1-10(2)15(17)9-16(3)13-5-11-4-12(7-13)8-14(16)6-11;1-10(2)11(13)9-12(3)7-5-4-6-8-12;2*1-2/h11-14H,1,4-9H2,2-3H3;1,4-9H2,2-3H3;2*1-2H3. The molecule has 0 spiro atoms. The van der Waals surface area contributed by atoms with Gasteiger partial charge in [-0.05, 0) is 104 Å². The molecule has 0 heterocycles. The van der Waals surface area contributed by atoms with Crippen LogP contribution in [0.25, 0.3) is 0 Å². The van der Waals surface area contributed by atoms with Crippen molar-refractivity contribution in [1.82, 2.24) is 0 Å². The van der Waals surface area contributed by atoms with E-state index in [-0.39, 0.29) is 11.2 Å². The van der Waals surface area contributed by atoms with Gasteiger partial charge in [0.25, 0.3) is 0 Å². The zero-order valence-electron chi connectivity index (χ0n) is 24.0. The number of ketones is 2. The van der Waals surface area contributed by atoms with Crippen molar-refractivity contribution in [3.63, 3.8) is 0 Å². The maximum Gasteiger partial charge on any atom is 0.158 e. The first-order valence-corrected chi connectivity index (χ1v) is 14.4. The van der Waals surface area contributed by atoms with Crippen LogP contribution in [-0.4, -0.2) is 11.6 Å². The Morgan fingerprint density at radius 1 is 0.676 bits per heavy atom. The Hall–Kier alpha value is -1.18. The maximum atomic E-state index is 12.0. The van der Waals surface area contributed by atoms with Crippen LogP contribution < -0.4 is 0 Å². The zero-order chi connectivity index (χ0) is 26.1. The van der Waals surface area contributed by atoms with Crippen LogP contribution in [0.2, 0.25) is 0 Å². The van der Waals surface area contributed by atoms with Gasteiger partial charge in [-0.3, -0.25) is 9.59 Å². The smallest absolute Gasteiger partial charge is 0.158 e. The lowest BCUT2D eigenvalue weighted by atomic mass is 9.45. The van der Waals surface area contributed by atoms with Crippen LogP contribution in [0.3, 0.4) is 0 Å². The molecule has 34 heavy (non-hydrogen) atoms. The summed E-state index contributed by atoms with van der Waals surface area (Å²) in [5.74, 6) is 4.18. The molecule has 0 aromatic heterocycles. The molecule has 5 saturated carbocycles. The highest BCUT2D eigenvalue weighted by atomic mass is 16.1. The summed E-state index contributed by atoms with van der Waals surface area (Å²) in [6.07, 6.45) is 14.9. The van der Waals surface area contributed by atoms with Gasteiger partial charge >= 0.3 is 0 Å². The van der Waals surface area contributed by atoms with Crippen molar-refractivity contribution in [2.75, 3.05) is 0 Å². The van der Waals surface area contributed by atoms with Gasteiger partial charge in [0.15, 0.2) is 11.6 Å². The largest absolute Gasteiger partial charge is 0.295 e. The van der Waals surface area contributed by atoms with Crippen LogP contribution in [0.1, 0.15) is 132 Å². The second-order valence-electron chi connectivity index (χ2n) is 11.9. The van der Waals surface area contributed by atoms with E-state index in [1.54, 1.807) is 0 Å². The van der Waals surface area contributed by atoms with E-state index in [1.165, 1.54) is 64.2 Å². The van der Waals surface area contributed by atoms with Crippen molar-refractivity contribution in [3.05, 3.63) is 24.3 Å². The topological polar surface area (TPSA) is 34.1 Å². The molecule has 2 heteroatoms. The number of carbonyl (C=O) groups is 2. The van der Waals surface area contributed by atoms with Crippen LogP contribution in [0.15, 0.2) is 24.3 Å². The summed E-state index contributed by atoms with van der Waals surface area (Å²) in [7, 11) is 0. The van der Waals surface area contributed by atoms with Crippen molar-refractivity contribution in [1.29, 1.82) is 0 Å². The Kier molecular flexibility index (Phi) is 12.5. The number of rotatable bonds is 6. The second kappa shape index (κ2) is 13.8. The first kappa shape index (κ1) is 30.9. The van der Waals surface area contributed by atoms with Crippen LogP contribution >= 0.6 is 0 Å². The second-order valence-corrected chi connectivity index (χ2v) is 11.9. The SMILES string of the molecule is C=C(C)C(=O)CC1(C)C2CC3CC(C2)CC1C3.C=C(C)C(=O)CC1(C)CCCCC1.CC.CC. The molecule has 196 valence electrons. The third kappa shape index (κ3) is 7.92. The van der Waals surface area contributed by atoms with E-state index in [1.807, 2.05) is 41.5 Å². The molecule has 0 aromatic carbocycles. The number of hydrogen-bond donors (Lipinski definition) is 0. The molecule has 0 atom stereocenters. The summed E-state index contributed by atoms with van der Waals surface area (Å²) in [4.78, 5) is 23.6. The quantitative estimate of drug-likeness (QED) is 0.361. The van der Waals surface area contributed by atoms with Crippen molar-refractivity contribution in [2.24, 2.45) is 34.5 Å². The normalized spacial score (nSPS) is 32.0. The minimum Gasteiger partial charge on any atom is -0.295 e. The van der Waals surface area contributed by atoms with Gasteiger partial charge in [-0.15, -0.1) is 0 Å². The summed E-state index contributed by atoms with van der Waals surface area (Å²) >= 11 is 0. The predicted octanol–water partition coefficient (Wildman–Crippen LogP) is 9.53. The van der Waals surface area contributed by atoms with Crippen LogP contribution in [-0.2, 0) is 9.59 Å². The fourth-order valence-electron chi connectivity index (χ4n) is 7.17. The molecule has 5 aliphatic rings. The summed E-state index contributed by atoms with van der Waals surface area (Å²) in [5.41, 5.74) is 2.03. The van der Waals surface area contributed by atoms with Crippen molar-refractivity contribution >= 4 is 11.6 Å². The molecule has 0 amide bonds. The van der Waals surface area contributed by atoms with Gasteiger partial charge < -0.3 is 0 Å². The Morgan fingerprint density at radius 2 is 1.06 bits per heavy atom. The molecule has 5 fully saturated rings. The lowest BCUT2D eigenvalue weighted by Gasteiger charge is -2.60. The first-order valence-electron chi connectivity index (χ1n) is 14.4. The Morgan fingerprint density at radius 3 is 1.44 bits per heavy atom. The highest BCUT2D eigenvalue weighted by Gasteiger charge is 2.55. The molecular formula is C32H56O2. The molecule has 0 N–H and O–H groups in total. The lowest BCUT2D eigenvalue weighted by molar-refractivity contribution is -0.132. The lowest BCUT2D eigenvalue weighted by Crippen LogP contribution is -2.52. The van der Waals surface area contributed by atoms with E-state index < -0.39 is 0 Å². The van der Waals surface area contributed by atoms with E-state index in [2.05, 4.69) is 27.0 Å². The molecule has 2 nitrogen and oxygen atoms in total. The molecule has 0 radical (unpaired) electrons. The molecule has 5 rings (SSSR count). The number of Topliss-reactive ketones (excluding diaryl/α,β-unsaturated/α-hetero) is 2. The van der Waals surface area contributed by atoms with Crippen LogP contribution in [0.4, 0.5) is 0 Å². The minimum absolute atomic E-state index is 0.254. The average molecular weight is 473 g/mol. The number of carbonyl (C=O) groups excluding carboxylic acids is 2. The Labute approximate surface area is 212 Å². The fourth-order valence-corrected chi connectivity index (χ4v) is 7.17. The first-order chi connectivity index (χ1) is 16.0. The Bertz CT molecular complexity index is 664. The van der Waals surface area contributed by atoms with Crippen molar-refractivity contribution in [3.8, 4) is 0 Å². The maximum absolute atomic E-state index is 12.0. The van der Waals surface area contributed by atoms with E-state index in [0.29, 0.717) is 23.2 Å². The molecule has 4 bridgehead atoms. The highest BCUT2D eigenvalue weighted by Crippen LogP contribution is 2.63. The van der Waals surface area contributed by atoms with Gasteiger partial charge in [0.05, 0.1) is 0 Å². The van der Waals surface area contributed by atoms with E-state index in [9.17, 15) is 9.59 Å². The molecule has 5 aliphatic carbocycles. The van der Waals surface area contributed by atoms with Gasteiger partial charge in [0.1, 0.15) is 0 Å². The van der Waals surface area contributed by atoms with Crippen molar-refractivity contribution < 1.29 is 9.59 Å². The summed E-state index contributed by atoms with van der Waals surface area (Å²) in [6.45, 7) is 23.8. The minimum atomic E-state index is 0.254. The van der Waals surface area contributed by atoms with Crippen molar-refractivity contribution in [2.45, 2.75) is 132 Å². The molecule has 0 aliphatic heterocycles. The van der Waals surface area contributed by atoms with Gasteiger partial charge in [0.2, 0.25) is 0 Å². The van der Waals surface area contributed by atoms with Gasteiger partial charge in [-0.25, -0.2) is 0 Å². The van der Waals surface area contributed by atoms with E-state index in [0.717, 1.165) is 35.7 Å². The van der Waals surface area contributed by atoms with Gasteiger partial charge in [-0.2, -0.15) is 0 Å². The highest BCUT2D eigenvalue weighted by molar-refractivity contribution is 5.95. The summed E-state index contributed by atoms with van der Waals surface area (Å²) < 4.78 is 0. The monoisotopic (exact) mass is 472 g/mol. The van der Waals surface area contributed by atoms with E-state index >= 15 is 0 Å². The number of hydrogen-bond acceptors (Lipinski definition) is 2. The number of allylic oxidation sites excluding steroid dienone is 2. The van der Waals surface area contributed by atoms with Gasteiger partial charge in [-0.1, -0.05) is 74.0 Å². The molecule has 0 unspecified atom stereocenters.